The van der Waals surface area contributed by atoms with Gasteiger partial charge in [0.05, 0.1) is 19.9 Å². The van der Waals surface area contributed by atoms with Crippen LogP contribution in [-0.4, -0.2) is 19.2 Å². The first-order valence-electron chi connectivity index (χ1n) is 5.44. The molecule has 0 spiro atoms. The van der Waals surface area contributed by atoms with Crippen molar-refractivity contribution < 1.29 is 9.47 Å². The van der Waals surface area contributed by atoms with E-state index in [0.717, 1.165) is 11.4 Å². The van der Waals surface area contributed by atoms with E-state index in [0.29, 0.717) is 17.4 Å². The van der Waals surface area contributed by atoms with Gasteiger partial charge >= 0.3 is 0 Å². The predicted molar refractivity (Wildman–Crippen MR) is 71.5 cm³/mol. The Kier molecular flexibility index (Phi) is 3.52. The fourth-order valence-corrected chi connectivity index (χ4v) is 1.56. The number of nitrogens with zero attached hydrogens (tertiary/aromatic N) is 1. The number of ether oxygens (including phenoxy) is 2. The van der Waals surface area contributed by atoms with E-state index < -0.39 is 0 Å². The van der Waals surface area contributed by atoms with Crippen molar-refractivity contribution in [3.05, 3.63) is 36.4 Å². The fraction of sp³-hybridized carbons (Fsp3) is 0.154. The summed E-state index contributed by atoms with van der Waals surface area (Å²) in [6.45, 7) is 0. The fourth-order valence-electron chi connectivity index (χ4n) is 1.56. The Morgan fingerprint density at radius 2 is 1.94 bits per heavy atom. The van der Waals surface area contributed by atoms with Gasteiger partial charge in [-0.15, -0.1) is 0 Å². The number of hydrogen-bond donors (Lipinski definition) is 2. The van der Waals surface area contributed by atoms with Crippen molar-refractivity contribution >= 4 is 17.3 Å². The lowest BCUT2D eigenvalue weighted by molar-refractivity contribution is 0.395. The molecule has 5 heteroatoms. The van der Waals surface area contributed by atoms with Gasteiger partial charge in [-0.1, -0.05) is 6.07 Å². The normalized spacial score (nSPS) is 9.89. The van der Waals surface area contributed by atoms with E-state index >= 15 is 0 Å². The molecule has 5 nitrogen and oxygen atoms in total. The van der Waals surface area contributed by atoms with Crippen LogP contribution in [0.1, 0.15) is 0 Å². The number of nitrogens with two attached hydrogens (primary N) is 1. The predicted octanol–water partition coefficient (Wildman–Crippen LogP) is 2.42. The molecule has 0 amide bonds. The first-order chi connectivity index (χ1) is 8.72. The Balaban J connectivity index is 2.28. The van der Waals surface area contributed by atoms with E-state index in [2.05, 4.69) is 10.3 Å². The van der Waals surface area contributed by atoms with Crippen molar-refractivity contribution in [2.45, 2.75) is 0 Å². The maximum absolute atomic E-state index is 5.63. The summed E-state index contributed by atoms with van der Waals surface area (Å²) < 4.78 is 10.4. The summed E-state index contributed by atoms with van der Waals surface area (Å²) >= 11 is 0. The first kappa shape index (κ1) is 12.0. The lowest BCUT2D eigenvalue weighted by Gasteiger charge is -2.12. The molecule has 18 heavy (non-hydrogen) atoms. The zero-order valence-corrected chi connectivity index (χ0v) is 10.3. The molecule has 0 aliphatic carbocycles. The first-order valence-corrected chi connectivity index (χ1v) is 5.44. The lowest BCUT2D eigenvalue weighted by atomic mass is 10.2. The highest BCUT2D eigenvalue weighted by Crippen LogP contribution is 2.30. The average Bonchev–Trinajstić information content (AvgIpc) is 2.39. The topological polar surface area (TPSA) is 69.4 Å². The van der Waals surface area contributed by atoms with Crippen LogP contribution in [0.3, 0.4) is 0 Å². The number of methoxy groups -OCH3 is 2. The van der Waals surface area contributed by atoms with Gasteiger partial charge < -0.3 is 20.5 Å². The molecular weight excluding hydrogens is 230 g/mol. The number of rotatable bonds is 4. The minimum atomic E-state index is 0.465. The van der Waals surface area contributed by atoms with Crippen LogP contribution >= 0.6 is 0 Å². The van der Waals surface area contributed by atoms with E-state index in [1.165, 1.54) is 0 Å². The van der Waals surface area contributed by atoms with Crippen LogP contribution in [0.2, 0.25) is 0 Å². The molecule has 0 aliphatic heterocycles. The summed E-state index contributed by atoms with van der Waals surface area (Å²) in [5.74, 6) is 2.54. The third-order valence-corrected chi connectivity index (χ3v) is 2.44. The molecule has 0 unspecified atom stereocenters. The van der Waals surface area contributed by atoms with Gasteiger partial charge in [-0.25, -0.2) is 4.98 Å². The summed E-state index contributed by atoms with van der Waals surface area (Å²) in [5.41, 5.74) is 6.43. The molecule has 0 atom stereocenters. The summed E-state index contributed by atoms with van der Waals surface area (Å²) in [7, 11) is 3.22. The second-order valence-corrected chi connectivity index (χ2v) is 3.64. The van der Waals surface area contributed by atoms with Gasteiger partial charge in [0.2, 0.25) is 0 Å². The van der Waals surface area contributed by atoms with Gasteiger partial charge in [-0.3, -0.25) is 0 Å². The molecule has 0 aliphatic rings. The highest BCUT2D eigenvalue weighted by molar-refractivity contribution is 5.66. The Morgan fingerprint density at radius 3 is 2.61 bits per heavy atom. The highest BCUT2D eigenvalue weighted by atomic mass is 16.5. The monoisotopic (exact) mass is 245 g/mol. The van der Waals surface area contributed by atoms with Crippen LogP contribution < -0.4 is 20.5 Å². The van der Waals surface area contributed by atoms with Gasteiger partial charge in [0.25, 0.3) is 0 Å². The van der Waals surface area contributed by atoms with Gasteiger partial charge in [0, 0.05) is 6.07 Å². The van der Waals surface area contributed by atoms with E-state index in [1.54, 1.807) is 26.4 Å². The minimum absolute atomic E-state index is 0.465. The van der Waals surface area contributed by atoms with Gasteiger partial charge in [0.15, 0.2) is 0 Å². The number of pyridine rings is 1. The largest absolute Gasteiger partial charge is 0.497 e. The Bertz CT molecular complexity index is 544. The molecular formula is C13H15N3O2. The number of nitrogen functional groups attached to an aromatic ring is 1. The van der Waals surface area contributed by atoms with E-state index in [1.807, 2.05) is 24.3 Å². The molecule has 1 aromatic heterocycles. The molecule has 0 radical (unpaired) electrons. The molecule has 2 aromatic rings. The van der Waals surface area contributed by atoms with Crippen LogP contribution in [0.4, 0.5) is 17.3 Å². The second kappa shape index (κ2) is 5.27. The summed E-state index contributed by atoms with van der Waals surface area (Å²) in [6.07, 6.45) is 0. The Hall–Kier alpha value is -2.43. The van der Waals surface area contributed by atoms with E-state index in [-0.39, 0.29) is 0 Å². The molecule has 1 heterocycles. The van der Waals surface area contributed by atoms with E-state index in [9.17, 15) is 0 Å². The number of hydrogen-bond acceptors (Lipinski definition) is 5. The molecule has 0 bridgehead atoms. The van der Waals surface area contributed by atoms with Crippen LogP contribution in [0.5, 0.6) is 11.5 Å². The Labute approximate surface area is 106 Å². The lowest BCUT2D eigenvalue weighted by Crippen LogP contribution is -1.99. The standard InChI is InChI=1S/C13H15N3O2/c1-17-9-6-7-10(11(8-9)18-2)15-13-5-3-4-12(14)16-13/h3-8H,1-2H3,(H3,14,15,16). The summed E-state index contributed by atoms with van der Waals surface area (Å²) in [6, 6.07) is 10.9. The Morgan fingerprint density at radius 1 is 1.11 bits per heavy atom. The molecule has 94 valence electrons. The molecule has 0 saturated heterocycles. The number of nitrogens with one attached hydrogen (secondary N) is 1. The SMILES string of the molecule is COc1ccc(Nc2cccc(N)n2)c(OC)c1. The van der Waals surface area contributed by atoms with Crippen molar-refractivity contribution in [1.82, 2.24) is 4.98 Å². The van der Waals surface area contributed by atoms with Gasteiger partial charge in [-0.05, 0) is 24.3 Å². The van der Waals surface area contributed by atoms with Crippen molar-refractivity contribution in [3.8, 4) is 11.5 Å². The maximum Gasteiger partial charge on any atom is 0.146 e. The second-order valence-electron chi connectivity index (χ2n) is 3.64. The average molecular weight is 245 g/mol. The maximum atomic E-state index is 5.63. The van der Waals surface area contributed by atoms with Gasteiger partial charge in [0.1, 0.15) is 23.1 Å². The molecule has 0 saturated carbocycles. The smallest absolute Gasteiger partial charge is 0.146 e. The number of anilines is 3. The van der Waals surface area contributed by atoms with E-state index in [4.69, 9.17) is 15.2 Å². The third kappa shape index (κ3) is 2.63. The molecule has 2 rings (SSSR count). The van der Waals surface area contributed by atoms with Crippen LogP contribution in [0, 0.1) is 0 Å². The third-order valence-electron chi connectivity index (χ3n) is 2.44. The zero-order valence-electron chi connectivity index (χ0n) is 10.3. The zero-order chi connectivity index (χ0) is 13.0. The summed E-state index contributed by atoms with van der Waals surface area (Å²) in [4.78, 5) is 4.17. The highest BCUT2D eigenvalue weighted by Gasteiger charge is 2.05. The van der Waals surface area contributed by atoms with Crippen LogP contribution in [0.25, 0.3) is 0 Å². The number of aromatic nitrogens is 1. The van der Waals surface area contributed by atoms with Crippen molar-refractivity contribution in [1.29, 1.82) is 0 Å². The summed E-state index contributed by atoms with van der Waals surface area (Å²) in [5, 5.41) is 3.14. The molecule has 3 N–H and O–H groups in total. The quantitative estimate of drug-likeness (QED) is 0.865. The molecule has 0 fully saturated rings. The van der Waals surface area contributed by atoms with Crippen LogP contribution in [-0.2, 0) is 0 Å². The minimum Gasteiger partial charge on any atom is -0.497 e. The van der Waals surface area contributed by atoms with Gasteiger partial charge in [-0.2, -0.15) is 0 Å². The molecule has 1 aromatic carbocycles. The number of benzene rings is 1. The van der Waals surface area contributed by atoms with Crippen molar-refractivity contribution in [2.75, 3.05) is 25.3 Å². The van der Waals surface area contributed by atoms with Crippen LogP contribution in [0.15, 0.2) is 36.4 Å². The van der Waals surface area contributed by atoms with Crippen molar-refractivity contribution in [2.24, 2.45) is 0 Å². The van der Waals surface area contributed by atoms with Crippen molar-refractivity contribution in [3.63, 3.8) is 0 Å².